The highest BCUT2D eigenvalue weighted by atomic mass is 35.5. The zero-order valence-electron chi connectivity index (χ0n) is 14.1. The molecule has 1 heterocycles. The smallest absolute Gasteiger partial charge is 0.282 e. The fourth-order valence-corrected chi connectivity index (χ4v) is 3.06. The number of nitro benzene ring substituents is 1. The normalized spacial score (nSPS) is 13.7. The molecule has 1 saturated heterocycles. The molecule has 3 rings (SSSR count). The lowest BCUT2D eigenvalue weighted by atomic mass is 10.1. The summed E-state index contributed by atoms with van der Waals surface area (Å²) < 4.78 is 13.3. The van der Waals surface area contributed by atoms with Crippen molar-refractivity contribution < 1.29 is 18.9 Å². The molecular weight excluding hydrogens is 377 g/mol. The Morgan fingerprint density at radius 3 is 2.56 bits per heavy atom. The SMILES string of the molecule is O=C1CCCN1CN(C(=O)c1cc(Cl)ccc1[N+](=O)[O-])c1ccc(F)cc1. The van der Waals surface area contributed by atoms with Crippen LogP contribution in [0, 0.1) is 15.9 Å². The van der Waals surface area contributed by atoms with Gasteiger partial charge in [-0.2, -0.15) is 0 Å². The molecule has 1 aliphatic rings. The van der Waals surface area contributed by atoms with E-state index >= 15 is 0 Å². The lowest BCUT2D eigenvalue weighted by Crippen LogP contribution is -2.42. The Kier molecular flexibility index (Phi) is 5.36. The van der Waals surface area contributed by atoms with Gasteiger partial charge in [0, 0.05) is 29.7 Å². The van der Waals surface area contributed by atoms with Gasteiger partial charge < -0.3 is 4.90 Å². The molecule has 1 fully saturated rings. The van der Waals surface area contributed by atoms with E-state index in [0.717, 1.165) is 6.07 Å². The third kappa shape index (κ3) is 4.06. The maximum absolute atomic E-state index is 13.3. The maximum Gasteiger partial charge on any atom is 0.282 e. The number of nitro groups is 1. The number of halogens is 2. The van der Waals surface area contributed by atoms with Crippen molar-refractivity contribution in [3.05, 3.63) is 69.0 Å². The number of likely N-dealkylation sites (tertiary alicyclic amines) is 1. The van der Waals surface area contributed by atoms with E-state index in [2.05, 4.69) is 0 Å². The highest BCUT2D eigenvalue weighted by Crippen LogP contribution is 2.27. The van der Waals surface area contributed by atoms with Crippen LogP contribution in [0.3, 0.4) is 0 Å². The Balaban J connectivity index is 2.03. The third-order valence-electron chi connectivity index (χ3n) is 4.25. The average molecular weight is 392 g/mol. The molecule has 0 radical (unpaired) electrons. The van der Waals surface area contributed by atoms with Crippen molar-refractivity contribution in [2.45, 2.75) is 12.8 Å². The number of hydrogen-bond acceptors (Lipinski definition) is 4. The predicted octanol–water partition coefficient (Wildman–Crippen LogP) is 3.61. The molecule has 0 atom stereocenters. The first-order chi connectivity index (χ1) is 12.9. The van der Waals surface area contributed by atoms with E-state index in [1.165, 1.54) is 46.2 Å². The summed E-state index contributed by atoms with van der Waals surface area (Å²) >= 11 is 5.92. The van der Waals surface area contributed by atoms with Crippen LogP contribution in [0.2, 0.25) is 5.02 Å². The molecule has 0 unspecified atom stereocenters. The fraction of sp³-hybridized carbons (Fsp3) is 0.222. The number of carbonyl (C=O) groups is 2. The molecule has 27 heavy (non-hydrogen) atoms. The molecule has 9 heteroatoms. The number of amides is 2. The predicted molar refractivity (Wildman–Crippen MR) is 97.1 cm³/mol. The zero-order valence-corrected chi connectivity index (χ0v) is 14.9. The van der Waals surface area contributed by atoms with Crippen LogP contribution in [-0.2, 0) is 4.79 Å². The minimum Gasteiger partial charge on any atom is -0.324 e. The number of benzene rings is 2. The summed E-state index contributed by atoms with van der Waals surface area (Å²) in [6.45, 7) is 0.383. The monoisotopic (exact) mass is 391 g/mol. The van der Waals surface area contributed by atoms with Gasteiger partial charge in [0.05, 0.1) is 4.92 Å². The molecule has 0 aliphatic carbocycles. The van der Waals surface area contributed by atoms with Crippen LogP contribution in [0.1, 0.15) is 23.2 Å². The average Bonchev–Trinajstić information content (AvgIpc) is 3.04. The van der Waals surface area contributed by atoms with Crippen molar-refractivity contribution in [3.63, 3.8) is 0 Å². The van der Waals surface area contributed by atoms with Crippen LogP contribution in [-0.4, -0.2) is 34.9 Å². The summed E-state index contributed by atoms with van der Waals surface area (Å²) in [4.78, 5) is 38.5. The second-order valence-electron chi connectivity index (χ2n) is 6.03. The van der Waals surface area contributed by atoms with Crippen LogP contribution in [0.15, 0.2) is 42.5 Å². The topological polar surface area (TPSA) is 83.8 Å². The van der Waals surface area contributed by atoms with Gasteiger partial charge in [0.25, 0.3) is 11.6 Å². The number of rotatable bonds is 5. The largest absolute Gasteiger partial charge is 0.324 e. The number of nitrogens with zero attached hydrogens (tertiary/aromatic N) is 3. The zero-order chi connectivity index (χ0) is 19.6. The molecule has 0 N–H and O–H groups in total. The Hall–Kier alpha value is -3.00. The maximum atomic E-state index is 13.3. The quantitative estimate of drug-likeness (QED) is 0.575. The summed E-state index contributed by atoms with van der Waals surface area (Å²) in [7, 11) is 0. The van der Waals surface area contributed by atoms with E-state index in [0.29, 0.717) is 25.1 Å². The molecule has 0 spiro atoms. The first-order valence-electron chi connectivity index (χ1n) is 8.16. The van der Waals surface area contributed by atoms with Gasteiger partial charge in [-0.3, -0.25) is 24.6 Å². The highest BCUT2D eigenvalue weighted by Gasteiger charge is 2.30. The van der Waals surface area contributed by atoms with Crippen molar-refractivity contribution in [2.75, 3.05) is 18.1 Å². The Bertz CT molecular complexity index is 904. The molecule has 2 amide bonds. The minimum absolute atomic E-state index is 0.0903. The molecule has 140 valence electrons. The molecule has 0 bridgehead atoms. The van der Waals surface area contributed by atoms with E-state index in [1.807, 2.05) is 0 Å². The lowest BCUT2D eigenvalue weighted by Gasteiger charge is -2.28. The fourth-order valence-electron chi connectivity index (χ4n) is 2.89. The highest BCUT2D eigenvalue weighted by molar-refractivity contribution is 6.31. The second kappa shape index (κ2) is 7.71. The summed E-state index contributed by atoms with van der Waals surface area (Å²) in [5.41, 5.74) is -0.289. The van der Waals surface area contributed by atoms with Crippen LogP contribution in [0.4, 0.5) is 15.8 Å². The van der Waals surface area contributed by atoms with Gasteiger partial charge in [-0.25, -0.2) is 4.39 Å². The third-order valence-corrected chi connectivity index (χ3v) is 4.49. The number of hydrogen-bond donors (Lipinski definition) is 0. The first-order valence-corrected chi connectivity index (χ1v) is 8.54. The van der Waals surface area contributed by atoms with Gasteiger partial charge in [-0.1, -0.05) is 11.6 Å². The van der Waals surface area contributed by atoms with Gasteiger partial charge in [0.1, 0.15) is 18.0 Å². The Labute approximate surface area is 159 Å². The van der Waals surface area contributed by atoms with Crippen LogP contribution < -0.4 is 4.90 Å². The number of carbonyl (C=O) groups excluding carboxylic acids is 2. The molecule has 0 aromatic heterocycles. The molecule has 0 saturated carbocycles. The molecule has 2 aromatic carbocycles. The van der Waals surface area contributed by atoms with E-state index in [4.69, 9.17) is 11.6 Å². The van der Waals surface area contributed by atoms with Crippen LogP contribution in [0.25, 0.3) is 0 Å². The van der Waals surface area contributed by atoms with Crippen molar-refractivity contribution >= 4 is 34.8 Å². The Morgan fingerprint density at radius 2 is 1.96 bits per heavy atom. The van der Waals surface area contributed by atoms with Crippen molar-refractivity contribution in [1.82, 2.24) is 4.90 Å². The van der Waals surface area contributed by atoms with Gasteiger partial charge in [-0.05, 0) is 42.8 Å². The second-order valence-corrected chi connectivity index (χ2v) is 6.47. The lowest BCUT2D eigenvalue weighted by molar-refractivity contribution is -0.385. The van der Waals surface area contributed by atoms with E-state index in [9.17, 15) is 24.1 Å². The Morgan fingerprint density at radius 1 is 1.26 bits per heavy atom. The van der Waals surface area contributed by atoms with E-state index in [1.54, 1.807) is 0 Å². The van der Waals surface area contributed by atoms with Crippen LogP contribution >= 0.6 is 11.6 Å². The van der Waals surface area contributed by atoms with Gasteiger partial charge in [0.15, 0.2) is 0 Å². The number of anilines is 1. The van der Waals surface area contributed by atoms with Crippen LogP contribution in [0.5, 0.6) is 0 Å². The summed E-state index contributed by atoms with van der Waals surface area (Å²) in [6, 6.07) is 8.79. The van der Waals surface area contributed by atoms with Gasteiger partial charge >= 0.3 is 0 Å². The first kappa shape index (κ1) is 18.8. The summed E-state index contributed by atoms with van der Waals surface area (Å²) in [5, 5.41) is 11.5. The van der Waals surface area contributed by atoms with Crippen molar-refractivity contribution in [3.8, 4) is 0 Å². The van der Waals surface area contributed by atoms with Crippen molar-refractivity contribution in [2.24, 2.45) is 0 Å². The molecular formula is C18H15ClFN3O4. The summed E-state index contributed by atoms with van der Waals surface area (Å²) in [5.74, 6) is -1.30. The molecule has 7 nitrogen and oxygen atoms in total. The van der Waals surface area contributed by atoms with Gasteiger partial charge in [-0.15, -0.1) is 0 Å². The summed E-state index contributed by atoms with van der Waals surface area (Å²) in [6.07, 6.45) is 1.05. The van der Waals surface area contributed by atoms with Crippen molar-refractivity contribution in [1.29, 1.82) is 0 Å². The standard InChI is InChI=1S/C18H15ClFN3O4/c19-12-3-8-16(23(26)27)15(10-12)18(25)22(11-21-9-1-2-17(21)24)14-6-4-13(20)5-7-14/h3-8,10H,1-2,9,11H2. The van der Waals surface area contributed by atoms with E-state index < -0.39 is 22.3 Å². The molecule has 2 aromatic rings. The van der Waals surface area contributed by atoms with E-state index in [-0.39, 0.29) is 23.2 Å². The minimum atomic E-state index is -0.699. The van der Waals surface area contributed by atoms with Gasteiger partial charge in [0.2, 0.25) is 5.91 Å². The molecule has 1 aliphatic heterocycles.